The third-order valence-electron chi connectivity index (χ3n) is 3.73. The summed E-state index contributed by atoms with van der Waals surface area (Å²) in [6, 6.07) is 0.766. The zero-order valence-electron chi connectivity index (χ0n) is 9.49. The van der Waals surface area contributed by atoms with E-state index in [1.807, 2.05) is 7.11 Å². The van der Waals surface area contributed by atoms with E-state index in [1.54, 1.807) is 0 Å². The summed E-state index contributed by atoms with van der Waals surface area (Å²) in [4.78, 5) is 2.59. The van der Waals surface area contributed by atoms with Gasteiger partial charge in [0.1, 0.15) is 0 Å². The van der Waals surface area contributed by atoms with Crippen LogP contribution < -0.4 is 5.32 Å². The van der Waals surface area contributed by atoms with Crippen LogP contribution in [0.1, 0.15) is 13.8 Å². The second-order valence-electron chi connectivity index (χ2n) is 4.92. The van der Waals surface area contributed by atoms with Crippen molar-refractivity contribution in [2.45, 2.75) is 26.0 Å². The highest BCUT2D eigenvalue weighted by Gasteiger charge is 2.39. The van der Waals surface area contributed by atoms with Gasteiger partial charge in [0.2, 0.25) is 0 Å². The molecule has 3 nitrogen and oxygen atoms in total. The fourth-order valence-corrected chi connectivity index (χ4v) is 2.92. The lowest BCUT2D eigenvalue weighted by molar-refractivity contribution is -0.0775. The van der Waals surface area contributed by atoms with Crippen LogP contribution in [0, 0.1) is 11.8 Å². The zero-order chi connectivity index (χ0) is 10.1. The summed E-state index contributed by atoms with van der Waals surface area (Å²) < 4.78 is 5.32. The second-order valence-corrected chi connectivity index (χ2v) is 4.92. The monoisotopic (exact) mass is 198 g/mol. The molecule has 2 aliphatic heterocycles. The molecule has 0 spiro atoms. The molecule has 0 aromatic carbocycles. The van der Waals surface area contributed by atoms with Crippen LogP contribution in [-0.4, -0.2) is 50.3 Å². The van der Waals surface area contributed by atoms with Crippen molar-refractivity contribution in [3.8, 4) is 0 Å². The second kappa shape index (κ2) is 4.17. The number of nitrogens with zero attached hydrogens (tertiary/aromatic N) is 1. The lowest BCUT2D eigenvalue weighted by Crippen LogP contribution is -2.63. The van der Waals surface area contributed by atoms with Crippen molar-refractivity contribution in [1.82, 2.24) is 10.2 Å². The molecule has 2 unspecified atom stereocenters. The standard InChI is InChI=1S/C11H22N2O/c1-8-4-12-5-9(2)11(8)13-6-10(7-13)14-3/h8-12H,4-7H2,1-3H3. The van der Waals surface area contributed by atoms with E-state index in [9.17, 15) is 0 Å². The van der Waals surface area contributed by atoms with E-state index < -0.39 is 0 Å². The van der Waals surface area contributed by atoms with Crippen molar-refractivity contribution in [2.75, 3.05) is 33.3 Å². The third-order valence-corrected chi connectivity index (χ3v) is 3.73. The number of nitrogens with one attached hydrogen (secondary N) is 1. The molecule has 2 heterocycles. The Kier molecular flexibility index (Phi) is 3.10. The van der Waals surface area contributed by atoms with Crippen molar-refractivity contribution in [2.24, 2.45) is 11.8 Å². The predicted octanol–water partition coefficient (Wildman–Crippen LogP) is 0.561. The lowest BCUT2D eigenvalue weighted by atomic mass is 9.84. The smallest absolute Gasteiger partial charge is 0.0825 e. The molecule has 2 fully saturated rings. The number of hydrogen-bond donors (Lipinski definition) is 1. The van der Waals surface area contributed by atoms with Gasteiger partial charge in [-0.1, -0.05) is 13.8 Å². The van der Waals surface area contributed by atoms with Gasteiger partial charge >= 0.3 is 0 Å². The summed E-state index contributed by atoms with van der Waals surface area (Å²) in [5.74, 6) is 1.55. The van der Waals surface area contributed by atoms with Crippen LogP contribution in [0.25, 0.3) is 0 Å². The molecule has 14 heavy (non-hydrogen) atoms. The van der Waals surface area contributed by atoms with Gasteiger partial charge in [0.25, 0.3) is 0 Å². The lowest BCUT2D eigenvalue weighted by Gasteiger charge is -2.50. The fourth-order valence-electron chi connectivity index (χ4n) is 2.92. The van der Waals surface area contributed by atoms with Gasteiger partial charge in [-0.25, -0.2) is 0 Å². The Morgan fingerprint density at radius 1 is 1.14 bits per heavy atom. The fraction of sp³-hybridized carbons (Fsp3) is 1.00. The molecular weight excluding hydrogens is 176 g/mol. The van der Waals surface area contributed by atoms with E-state index in [4.69, 9.17) is 4.74 Å². The van der Waals surface area contributed by atoms with Gasteiger partial charge in [-0.3, -0.25) is 4.90 Å². The van der Waals surface area contributed by atoms with Crippen molar-refractivity contribution >= 4 is 0 Å². The summed E-state index contributed by atoms with van der Waals surface area (Å²) in [5, 5.41) is 3.48. The minimum Gasteiger partial charge on any atom is -0.379 e. The van der Waals surface area contributed by atoms with Gasteiger partial charge in [-0.2, -0.15) is 0 Å². The highest BCUT2D eigenvalue weighted by Crippen LogP contribution is 2.27. The molecule has 2 atom stereocenters. The maximum absolute atomic E-state index is 5.32. The van der Waals surface area contributed by atoms with E-state index in [1.165, 1.54) is 13.1 Å². The van der Waals surface area contributed by atoms with Gasteiger partial charge in [0.05, 0.1) is 6.10 Å². The number of piperidine rings is 1. The molecule has 82 valence electrons. The Bertz CT molecular complexity index is 182. The molecule has 0 aromatic rings. The van der Waals surface area contributed by atoms with Crippen molar-refractivity contribution < 1.29 is 4.74 Å². The molecule has 0 amide bonds. The van der Waals surface area contributed by atoms with E-state index in [0.29, 0.717) is 6.10 Å². The Morgan fingerprint density at radius 2 is 1.71 bits per heavy atom. The first kappa shape index (κ1) is 10.4. The molecule has 0 bridgehead atoms. The van der Waals surface area contributed by atoms with Crippen LogP contribution in [-0.2, 0) is 4.74 Å². The molecule has 0 saturated carbocycles. The maximum atomic E-state index is 5.32. The number of hydrogen-bond acceptors (Lipinski definition) is 3. The topological polar surface area (TPSA) is 24.5 Å². The molecule has 0 aliphatic carbocycles. The minimum absolute atomic E-state index is 0.490. The summed E-state index contributed by atoms with van der Waals surface area (Å²) >= 11 is 0. The van der Waals surface area contributed by atoms with Crippen LogP contribution in [0.5, 0.6) is 0 Å². The SMILES string of the molecule is COC1CN(C2C(C)CNCC2C)C1. The zero-order valence-corrected chi connectivity index (χ0v) is 9.49. The summed E-state index contributed by atoms with van der Waals surface area (Å²) in [7, 11) is 1.82. The van der Waals surface area contributed by atoms with Gasteiger partial charge in [0.15, 0.2) is 0 Å². The Balaban J connectivity index is 1.89. The first-order valence-corrected chi connectivity index (χ1v) is 5.70. The first-order chi connectivity index (χ1) is 6.72. The number of likely N-dealkylation sites (tertiary alicyclic amines) is 1. The highest BCUT2D eigenvalue weighted by atomic mass is 16.5. The first-order valence-electron chi connectivity index (χ1n) is 5.70. The molecule has 2 saturated heterocycles. The predicted molar refractivity (Wildman–Crippen MR) is 57.4 cm³/mol. The van der Waals surface area contributed by atoms with E-state index in [-0.39, 0.29) is 0 Å². The van der Waals surface area contributed by atoms with Gasteiger partial charge in [0, 0.05) is 26.2 Å². The van der Waals surface area contributed by atoms with Crippen LogP contribution in [0.2, 0.25) is 0 Å². The van der Waals surface area contributed by atoms with E-state index >= 15 is 0 Å². The Hall–Kier alpha value is -0.120. The van der Waals surface area contributed by atoms with E-state index in [0.717, 1.165) is 31.0 Å². The normalized spacial score (nSPS) is 40.9. The maximum Gasteiger partial charge on any atom is 0.0825 e. The van der Waals surface area contributed by atoms with Crippen LogP contribution in [0.3, 0.4) is 0 Å². The number of methoxy groups -OCH3 is 1. The molecular formula is C11H22N2O. The Morgan fingerprint density at radius 3 is 2.21 bits per heavy atom. The van der Waals surface area contributed by atoms with Crippen LogP contribution in [0.4, 0.5) is 0 Å². The van der Waals surface area contributed by atoms with Crippen molar-refractivity contribution in [1.29, 1.82) is 0 Å². The van der Waals surface area contributed by atoms with Crippen LogP contribution in [0.15, 0.2) is 0 Å². The number of rotatable bonds is 2. The summed E-state index contributed by atoms with van der Waals surface area (Å²) in [5.41, 5.74) is 0. The molecule has 2 aliphatic rings. The molecule has 0 radical (unpaired) electrons. The molecule has 1 N–H and O–H groups in total. The molecule has 0 aromatic heterocycles. The number of ether oxygens (including phenoxy) is 1. The van der Waals surface area contributed by atoms with Gasteiger partial charge in [-0.05, 0) is 24.9 Å². The highest BCUT2D eigenvalue weighted by molar-refractivity contribution is 4.94. The summed E-state index contributed by atoms with van der Waals surface area (Å²) in [6.45, 7) is 9.32. The minimum atomic E-state index is 0.490. The van der Waals surface area contributed by atoms with Crippen molar-refractivity contribution in [3.05, 3.63) is 0 Å². The van der Waals surface area contributed by atoms with Crippen molar-refractivity contribution in [3.63, 3.8) is 0 Å². The van der Waals surface area contributed by atoms with Gasteiger partial charge in [-0.15, -0.1) is 0 Å². The third kappa shape index (κ3) is 1.81. The Labute approximate surface area is 86.8 Å². The average molecular weight is 198 g/mol. The molecule has 2 rings (SSSR count). The summed E-state index contributed by atoms with van der Waals surface area (Å²) in [6.07, 6.45) is 0.490. The average Bonchev–Trinajstić information content (AvgIpc) is 2.08. The van der Waals surface area contributed by atoms with Gasteiger partial charge < -0.3 is 10.1 Å². The quantitative estimate of drug-likeness (QED) is 0.702. The molecule has 3 heteroatoms. The largest absolute Gasteiger partial charge is 0.379 e. The van der Waals surface area contributed by atoms with Crippen LogP contribution >= 0.6 is 0 Å². The van der Waals surface area contributed by atoms with E-state index in [2.05, 4.69) is 24.1 Å².